The van der Waals surface area contributed by atoms with Crippen LogP contribution in [0.15, 0.2) is 48.5 Å². The minimum atomic E-state index is -0.285. The van der Waals surface area contributed by atoms with Crippen molar-refractivity contribution in [3.05, 3.63) is 65.4 Å². The molecule has 1 aromatic heterocycles. The van der Waals surface area contributed by atoms with E-state index in [4.69, 9.17) is 0 Å². The number of aromatic nitrogens is 1. The molecule has 4 rings (SSSR count). The first-order valence-electron chi connectivity index (χ1n) is 8.19. The maximum absolute atomic E-state index is 10.3. The number of aliphatic hydroxyl groups excluding tert-OH is 1. The van der Waals surface area contributed by atoms with E-state index in [1.54, 1.807) is 0 Å². The second kappa shape index (κ2) is 5.14. The van der Waals surface area contributed by atoms with Gasteiger partial charge in [-0.25, -0.2) is 0 Å². The molecule has 2 unspecified atom stereocenters. The van der Waals surface area contributed by atoms with E-state index in [1.807, 2.05) is 6.07 Å². The Morgan fingerprint density at radius 1 is 1.09 bits per heavy atom. The number of anilines is 1. The number of aliphatic hydroxyl groups is 1. The maximum Gasteiger partial charge on any atom is 0.0551 e. The summed E-state index contributed by atoms with van der Waals surface area (Å²) >= 11 is 0. The summed E-state index contributed by atoms with van der Waals surface area (Å²) in [7, 11) is 0. The maximum atomic E-state index is 10.3. The van der Waals surface area contributed by atoms with Crippen LogP contribution in [0, 0.1) is 6.92 Å². The third-order valence-electron chi connectivity index (χ3n) is 5.47. The van der Waals surface area contributed by atoms with Gasteiger partial charge in [0.25, 0.3) is 0 Å². The predicted molar refractivity (Wildman–Crippen MR) is 95.0 cm³/mol. The molecule has 1 aliphatic rings. The number of benzene rings is 2. The summed E-state index contributed by atoms with van der Waals surface area (Å²) in [6.45, 7) is 4.43. The van der Waals surface area contributed by atoms with Crippen molar-refractivity contribution in [3.63, 3.8) is 0 Å². The second-order valence-electron chi connectivity index (χ2n) is 6.68. The molecular weight excluding hydrogens is 284 g/mol. The SMILES string of the molecule is Cc1[nH]c2ccccc2c1CC1(CO)c2ccccc2NC1C. The van der Waals surface area contributed by atoms with Gasteiger partial charge in [0.1, 0.15) is 0 Å². The number of hydrogen-bond acceptors (Lipinski definition) is 2. The van der Waals surface area contributed by atoms with Crippen LogP contribution in [-0.4, -0.2) is 22.7 Å². The van der Waals surface area contributed by atoms with Crippen molar-refractivity contribution in [2.45, 2.75) is 31.7 Å². The molecule has 3 nitrogen and oxygen atoms in total. The number of fused-ring (bicyclic) bond motifs is 2. The summed E-state index contributed by atoms with van der Waals surface area (Å²) in [5.74, 6) is 0. The first kappa shape index (κ1) is 14.3. The molecule has 2 aromatic carbocycles. The molecule has 2 heterocycles. The highest BCUT2D eigenvalue weighted by Gasteiger charge is 2.44. The molecular formula is C20H22N2O. The fourth-order valence-corrected chi connectivity index (χ4v) is 4.05. The first-order valence-corrected chi connectivity index (χ1v) is 8.19. The third kappa shape index (κ3) is 2.00. The molecule has 0 bridgehead atoms. The van der Waals surface area contributed by atoms with Crippen molar-refractivity contribution in [2.24, 2.45) is 0 Å². The smallest absolute Gasteiger partial charge is 0.0551 e. The lowest BCUT2D eigenvalue weighted by Crippen LogP contribution is -2.42. The zero-order chi connectivity index (χ0) is 16.0. The Balaban J connectivity index is 1.87. The normalized spacial score (nSPS) is 23.0. The van der Waals surface area contributed by atoms with Gasteiger partial charge in [0.15, 0.2) is 0 Å². The van der Waals surface area contributed by atoms with Crippen LogP contribution >= 0.6 is 0 Å². The van der Waals surface area contributed by atoms with Gasteiger partial charge in [0, 0.05) is 33.7 Å². The molecule has 2 atom stereocenters. The Morgan fingerprint density at radius 3 is 2.65 bits per heavy atom. The van der Waals surface area contributed by atoms with E-state index >= 15 is 0 Å². The van der Waals surface area contributed by atoms with E-state index in [-0.39, 0.29) is 18.1 Å². The van der Waals surface area contributed by atoms with Crippen LogP contribution in [0.5, 0.6) is 0 Å². The van der Waals surface area contributed by atoms with Gasteiger partial charge in [-0.2, -0.15) is 0 Å². The largest absolute Gasteiger partial charge is 0.395 e. The lowest BCUT2D eigenvalue weighted by Gasteiger charge is -2.32. The lowest BCUT2D eigenvalue weighted by molar-refractivity contribution is 0.184. The molecule has 0 radical (unpaired) electrons. The Bertz CT molecular complexity index is 867. The lowest BCUT2D eigenvalue weighted by atomic mass is 9.73. The summed E-state index contributed by atoms with van der Waals surface area (Å²) in [6.07, 6.45) is 0.824. The van der Waals surface area contributed by atoms with E-state index in [0.717, 1.165) is 12.1 Å². The van der Waals surface area contributed by atoms with E-state index in [1.165, 1.54) is 27.7 Å². The molecule has 0 amide bonds. The minimum Gasteiger partial charge on any atom is -0.395 e. The first-order chi connectivity index (χ1) is 11.2. The van der Waals surface area contributed by atoms with Crippen LogP contribution < -0.4 is 5.32 Å². The van der Waals surface area contributed by atoms with Gasteiger partial charge in [-0.3, -0.25) is 0 Å². The number of H-pyrrole nitrogens is 1. The summed E-state index contributed by atoms with van der Waals surface area (Å²) in [4.78, 5) is 3.48. The zero-order valence-electron chi connectivity index (χ0n) is 13.6. The van der Waals surface area contributed by atoms with Gasteiger partial charge in [0.2, 0.25) is 0 Å². The van der Waals surface area contributed by atoms with Crippen LogP contribution in [0.4, 0.5) is 5.69 Å². The zero-order valence-corrected chi connectivity index (χ0v) is 13.6. The molecule has 3 heteroatoms. The Hall–Kier alpha value is -2.26. The monoisotopic (exact) mass is 306 g/mol. The summed E-state index contributed by atoms with van der Waals surface area (Å²) < 4.78 is 0. The molecule has 0 fully saturated rings. The number of aryl methyl sites for hydroxylation is 1. The molecule has 23 heavy (non-hydrogen) atoms. The van der Waals surface area contributed by atoms with Crippen LogP contribution in [0.3, 0.4) is 0 Å². The molecule has 1 aliphatic heterocycles. The third-order valence-corrected chi connectivity index (χ3v) is 5.47. The molecule has 118 valence electrons. The van der Waals surface area contributed by atoms with Crippen molar-refractivity contribution in [2.75, 3.05) is 11.9 Å². The van der Waals surface area contributed by atoms with Gasteiger partial charge >= 0.3 is 0 Å². The van der Waals surface area contributed by atoms with E-state index < -0.39 is 0 Å². The minimum absolute atomic E-state index is 0.136. The Labute approximate surface area is 136 Å². The van der Waals surface area contributed by atoms with Gasteiger partial charge in [-0.1, -0.05) is 36.4 Å². The fourth-order valence-electron chi connectivity index (χ4n) is 4.05. The molecule has 3 aromatic rings. The highest BCUT2D eigenvalue weighted by atomic mass is 16.3. The predicted octanol–water partition coefficient (Wildman–Crippen LogP) is 3.76. The number of aromatic amines is 1. The van der Waals surface area contributed by atoms with Crippen LogP contribution in [0.2, 0.25) is 0 Å². The quantitative estimate of drug-likeness (QED) is 0.690. The average Bonchev–Trinajstić information content (AvgIpc) is 3.03. The molecule has 0 aliphatic carbocycles. The molecule has 0 saturated heterocycles. The molecule has 3 N–H and O–H groups in total. The van der Waals surface area contributed by atoms with Crippen molar-refractivity contribution >= 4 is 16.6 Å². The number of hydrogen-bond donors (Lipinski definition) is 3. The summed E-state index contributed by atoms with van der Waals surface area (Å²) in [5, 5.41) is 15.2. The van der Waals surface area contributed by atoms with Gasteiger partial charge in [-0.15, -0.1) is 0 Å². The van der Waals surface area contributed by atoms with Crippen molar-refractivity contribution < 1.29 is 5.11 Å². The van der Waals surface area contributed by atoms with E-state index in [2.05, 4.69) is 66.6 Å². The summed E-state index contributed by atoms with van der Waals surface area (Å²) in [6, 6.07) is 17.0. The van der Waals surface area contributed by atoms with Crippen LogP contribution in [0.25, 0.3) is 10.9 Å². The Kier molecular flexibility index (Phi) is 3.20. The topological polar surface area (TPSA) is 48.0 Å². The van der Waals surface area contributed by atoms with E-state index in [9.17, 15) is 5.11 Å². The molecule has 0 saturated carbocycles. The van der Waals surface area contributed by atoms with Gasteiger partial charge in [0.05, 0.1) is 6.61 Å². The van der Waals surface area contributed by atoms with Crippen molar-refractivity contribution in [3.8, 4) is 0 Å². The standard InChI is InChI=1S/C20H22N2O/c1-13-16(15-7-3-5-9-18(15)21-13)11-20(12-23)14(2)22-19-10-6-4-8-17(19)20/h3-10,14,21-23H,11-12H2,1-2H3. The number of nitrogens with one attached hydrogen (secondary N) is 2. The second-order valence-corrected chi connectivity index (χ2v) is 6.68. The Morgan fingerprint density at radius 2 is 1.83 bits per heavy atom. The van der Waals surface area contributed by atoms with Crippen molar-refractivity contribution in [1.29, 1.82) is 0 Å². The van der Waals surface area contributed by atoms with Gasteiger partial charge < -0.3 is 15.4 Å². The average molecular weight is 306 g/mol. The fraction of sp³-hybridized carbons (Fsp3) is 0.300. The summed E-state index contributed by atoms with van der Waals surface area (Å²) in [5.41, 5.74) is 5.74. The van der Waals surface area contributed by atoms with Gasteiger partial charge in [-0.05, 0) is 43.5 Å². The molecule has 0 spiro atoms. The number of para-hydroxylation sites is 2. The van der Waals surface area contributed by atoms with Crippen molar-refractivity contribution in [1.82, 2.24) is 4.98 Å². The van der Waals surface area contributed by atoms with Crippen LogP contribution in [0.1, 0.15) is 23.7 Å². The highest BCUT2D eigenvalue weighted by Crippen LogP contribution is 2.44. The highest BCUT2D eigenvalue weighted by molar-refractivity contribution is 5.85. The van der Waals surface area contributed by atoms with E-state index in [0.29, 0.717) is 0 Å². The van der Waals surface area contributed by atoms with Crippen LogP contribution in [-0.2, 0) is 11.8 Å². The number of rotatable bonds is 3.